The monoisotopic (exact) mass is 707 g/mol. The maximum atomic E-state index is 12.2. The van der Waals surface area contributed by atoms with Crippen molar-refractivity contribution in [2.24, 2.45) is 50.7 Å². The van der Waals surface area contributed by atoms with E-state index in [1.165, 1.54) is 19.8 Å². The first-order chi connectivity index (χ1) is 23.4. The number of aliphatic hydroxyl groups excluding tert-OH is 3. The van der Waals surface area contributed by atoms with Crippen LogP contribution in [0.4, 0.5) is 0 Å². The van der Waals surface area contributed by atoms with Gasteiger partial charge in [0.25, 0.3) is 0 Å². The first-order valence-electron chi connectivity index (χ1n) is 19.7. The van der Waals surface area contributed by atoms with E-state index >= 15 is 0 Å². The van der Waals surface area contributed by atoms with E-state index in [-0.39, 0.29) is 76.7 Å². The molecule has 0 aromatic rings. The quantitative estimate of drug-likeness (QED) is 0.214. The highest BCUT2D eigenvalue weighted by atomic mass is 16.7. The summed E-state index contributed by atoms with van der Waals surface area (Å²) in [4.78, 5) is 14.1. The van der Waals surface area contributed by atoms with E-state index in [0.717, 1.165) is 38.5 Å². The van der Waals surface area contributed by atoms with E-state index < -0.39 is 23.8 Å². The maximum Gasteiger partial charge on any atom is 0.303 e. The summed E-state index contributed by atoms with van der Waals surface area (Å²) in [5, 5.41) is 42.7. The number of hydrogen-bond acceptors (Lipinski definition) is 10. The lowest BCUT2D eigenvalue weighted by Crippen LogP contribution is -2.60. The highest BCUT2D eigenvalue weighted by molar-refractivity contribution is 5.66. The van der Waals surface area contributed by atoms with Crippen LogP contribution in [-0.2, 0) is 23.7 Å². The molecule has 2 spiro atoms. The van der Waals surface area contributed by atoms with Crippen molar-refractivity contribution in [1.29, 1.82) is 0 Å². The Hall–Kier alpha value is -0.850. The zero-order chi connectivity index (χ0) is 36.7. The molecule has 5 aliphatic carbocycles. The molecule has 0 amide bonds. The molecule has 288 valence electrons. The molecule has 1 aliphatic heterocycles. The number of ether oxygens (including phenoxy) is 4. The number of rotatable bonds is 12. The number of esters is 1. The first kappa shape index (κ1) is 38.9. The van der Waals surface area contributed by atoms with Gasteiger partial charge in [-0.25, -0.2) is 0 Å². The second kappa shape index (κ2) is 13.5. The van der Waals surface area contributed by atoms with E-state index in [1.54, 1.807) is 21.0 Å². The minimum atomic E-state index is -1.25. The van der Waals surface area contributed by atoms with Crippen molar-refractivity contribution in [3.05, 3.63) is 0 Å². The molecule has 0 aromatic carbocycles. The first-order valence-corrected chi connectivity index (χ1v) is 19.7. The average molecular weight is 708 g/mol. The Balaban J connectivity index is 1.18. The summed E-state index contributed by atoms with van der Waals surface area (Å²) in [5.74, 6) is 1.08. The van der Waals surface area contributed by atoms with Gasteiger partial charge in [-0.3, -0.25) is 9.69 Å². The van der Waals surface area contributed by atoms with E-state index in [9.17, 15) is 25.2 Å². The molecule has 1 saturated heterocycles. The number of fused-ring (bicyclic) bond motifs is 2. The molecule has 4 N–H and O–H groups in total. The van der Waals surface area contributed by atoms with Gasteiger partial charge in [-0.2, -0.15) is 0 Å². The Bertz CT molecular complexity index is 1240. The fraction of sp³-hybridized carbons (Fsp3) is 0.975. The van der Waals surface area contributed by atoms with Crippen molar-refractivity contribution in [3.63, 3.8) is 0 Å². The summed E-state index contributed by atoms with van der Waals surface area (Å²) < 4.78 is 24.5. The lowest BCUT2D eigenvalue weighted by molar-refractivity contribution is -0.252. The Labute approximate surface area is 300 Å². The Morgan fingerprint density at radius 2 is 1.68 bits per heavy atom. The van der Waals surface area contributed by atoms with Gasteiger partial charge in [-0.05, 0) is 117 Å². The molecule has 13 atom stereocenters. The molecule has 6 aliphatic rings. The molecular formula is C40H69NO9. The molecule has 0 bridgehead atoms. The summed E-state index contributed by atoms with van der Waals surface area (Å²) in [7, 11) is 1.63. The minimum Gasteiger partial charge on any atom is -0.457 e. The van der Waals surface area contributed by atoms with Crippen molar-refractivity contribution < 1.29 is 44.2 Å². The predicted octanol–water partition coefficient (Wildman–Crippen LogP) is 4.54. The fourth-order valence-electron chi connectivity index (χ4n) is 13.8. The molecule has 4 unspecified atom stereocenters. The summed E-state index contributed by atoms with van der Waals surface area (Å²) >= 11 is 0. The Morgan fingerprint density at radius 1 is 1.02 bits per heavy atom. The van der Waals surface area contributed by atoms with Crippen LogP contribution < -0.4 is 0 Å². The van der Waals surface area contributed by atoms with E-state index in [0.29, 0.717) is 38.0 Å². The smallest absolute Gasteiger partial charge is 0.303 e. The standard InChI is InChI=1S/C40H69NO9/c1-24(18-28(47-9)34(36(5,6)46)49-25(2)44)27-19-31(45)38(8)30-11-10-29-35(3,4)32(50-33-20-41(16-17-48-33)26(21-42)22-43)12-13-39(29)23-40(30,39)15-14-37(27,38)7/h24,26-34,42-43,45-46H,10-23H2,1-9H3/t24-,27?,28?,29+,30+,31+,32+,33?,34+,37-,38-,39-,40?/m1/s1. The minimum absolute atomic E-state index is 0.0210. The third-order valence-electron chi connectivity index (χ3n) is 16.4. The number of aliphatic hydroxyl groups is 4. The molecule has 6 fully saturated rings. The third-order valence-corrected chi connectivity index (χ3v) is 16.4. The number of morpholine rings is 1. The number of nitrogens with zero attached hydrogens (tertiary/aromatic N) is 1. The average Bonchev–Trinajstić information content (AvgIpc) is 3.67. The number of hydrogen-bond donors (Lipinski definition) is 4. The molecule has 0 aromatic heterocycles. The van der Waals surface area contributed by atoms with E-state index in [2.05, 4.69) is 39.5 Å². The van der Waals surface area contributed by atoms with Crippen LogP contribution >= 0.6 is 0 Å². The van der Waals surface area contributed by atoms with Crippen LogP contribution in [0.15, 0.2) is 0 Å². The number of carbonyl (C=O) groups excluding carboxylic acids is 1. The van der Waals surface area contributed by atoms with Crippen LogP contribution in [0.25, 0.3) is 0 Å². The molecule has 50 heavy (non-hydrogen) atoms. The zero-order valence-corrected chi connectivity index (χ0v) is 32.5. The van der Waals surface area contributed by atoms with Gasteiger partial charge in [0.1, 0.15) is 0 Å². The lowest BCUT2D eigenvalue weighted by atomic mass is 9.41. The van der Waals surface area contributed by atoms with Crippen molar-refractivity contribution in [2.75, 3.05) is 40.0 Å². The summed E-state index contributed by atoms with van der Waals surface area (Å²) in [6.07, 6.45) is 7.51. The third kappa shape index (κ3) is 5.84. The van der Waals surface area contributed by atoms with Gasteiger partial charge < -0.3 is 39.4 Å². The molecular weight excluding hydrogens is 638 g/mol. The van der Waals surface area contributed by atoms with Gasteiger partial charge in [-0.15, -0.1) is 0 Å². The van der Waals surface area contributed by atoms with Gasteiger partial charge in [0, 0.05) is 26.0 Å². The molecule has 10 heteroatoms. The van der Waals surface area contributed by atoms with Crippen LogP contribution in [0.1, 0.15) is 113 Å². The van der Waals surface area contributed by atoms with Crippen molar-refractivity contribution >= 4 is 5.97 Å². The van der Waals surface area contributed by atoms with Gasteiger partial charge >= 0.3 is 5.97 Å². The van der Waals surface area contributed by atoms with Crippen LogP contribution in [-0.4, -0.2) is 114 Å². The molecule has 0 radical (unpaired) electrons. The maximum absolute atomic E-state index is 12.2. The predicted molar refractivity (Wildman–Crippen MR) is 189 cm³/mol. The van der Waals surface area contributed by atoms with Gasteiger partial charge in [0.05, 0.1) is 56.3 Å². The molecule has 5 saturated carbocycles. The van der Waals surface area contributed by atoms with Crippen molar-refractivity contribution in [3.8, 4) is 0 Å². The van der Waals surface area contributed by atoms with Gasteiger partial charge in [0.15, 0.2) is 12.4 Å². The van der Waals surface area contributed by atoms with Crippen LogP contribution in [0.3, 0.4) is 0 Å². The topological polar surface area (TPSA) is 138 Å². The highest BCUT2D eigenvalue weighted by Crippen LogP contribution is 2.89. The van der Waals surface area contributed by atoms with E-state index in [1.807, 2.05) is 0 Å². The highest BCUT2D eigenvalue weighted by Gasteiger charge is 2.83. The molecule has 10 nitrogen and oxygen atoms in total. The normalized spacial score (nSPS) is 44.4. The fourth-order valence-corrected chi connectivity index (χ4v) is 13.8. The van der Waals surface area contributed by atoms with Gasteiger partial charge in [-0.1, -0.05) is 34.6 Å². The van der Waals surface area contributed by atoms with Crippen LogP contribution in [0, 0.1) is 50.7 Å². The second-order valence-corrected chi connectivity index (χ2v) is 19.2. The summed E-state index contributed by atoms with van der Waals surface area (Å²) in [6, 6.07) is -0.284. The van der Waals surface area contributed by atoms with Crippen molar-refractivity contribution in [2.45, 2.75) is 156 Å². The molecule has 6 rings (SSSR count). The lowest BCUT2D eigenvalue weighted by Gasteiger charge is -2.64. The molecule has 1 heterocycles. The summed E-state index contributed by atoms with van der Waals surface area (Å²) in [5.41, 5.74) is -0.956. The van der Waals surface area contributed by atoms with Crippen LogP contribution in [0.2, 0.25) is 0 Å². The Kier molecular flexibility index (Phi) is 10.5. The van der Waals surface area contributed by atoms with Crippen molar-refractivity contribution in [1.82, 2.24) is 4.90 Å². The zero-order valence-electron chi connectivity index (χ0n) is 32.5. The van der Waals surface area contributed by atoms with Gasteiger partial charge in [0.2, 0.25) is 0 Å². The number of carbonyl (C=O) groups is 1. The number of methoxy groups -OCH3 is 1. The van der Waals surface area contributed by atoms with E-state index in [4.69, 9.17) is 18.9 Å². The largest absolute Gasteiger partial charge is 0.457 e. The Morgan fingerprint density at radius 3 is 2.30 bits per heavy atom. The SMILES string of the molecule is COC(C[C@@H](C)C1C[C@H](O)[C@@]2(C)[C@@H]3CC[C@H]4C(C)(C)[C@@H](OC5CN(C(CO)CO)CCO5)CC[C@@]45CC35CC[C@]12C)[C@H](OC(C)=O)C(C)(C)O. The second-order valence-electron chi connectivity index (χ2n) is 19.2. The summed E-state index contributed by atoms with van der Waals surface area (Å²) in [6.45, 7) is 18.3. The van der Waals surface area contributed by atoms with Crippen LogP contribution in [0.5, 0.6) is 0 Å².